The van der Waals surface area contributed by atoms with Gasteiger partial charge >= 0.3 is 6.03 Å². The fourth-order valence-electron chi connectivity index (χ4n) is 3.09. The van der Waals surface area contributed by atoms with Crippen molar-refractivity contribution >= 4 is 6.03 Å². The molecule has 1 aliphatic heterocycles. The fourth-order valence-corrected chi connectivity index (χ4v) is 3.09. The second kappa shape index (κ2) is 8.35. The van der Waals surface area contributed by atoms with Crippen LogP contribution in [0.3, 0.4) is 0 Å². The number of carbonyl (C=O) groups excluding carboxylic acids is 1. The number of rotatable bonds is 5. The van der Waals surface area contributed by atoms with Crippen molar-refractivity contribution in [2.75, 3.05) is 40.8 Å². The summed E-state index contributed by atoms with van der Waals surface area (Å²) in [6.45, 7) is 5.78. The van der Waals surface area contributed by atoms with E-state index in [1.54, 1.807) is 7.11 Å². The van der Waals surface area contributed by atoms with E-state index in [1.165, 1.54) is 0 Å². The number of ether oxygens (including phenoxy) is 2. The quantitative estimate of drug-likeness (QED) is 0.895. The van der Waals surface area contributed by atoms with Crippen LogP contribution in [0.2, 0.25) is 0 Å². The molecule has 2 rings (SSSR count). The number of carbonyl (C=O) groups is 1. The summed E-state index contributed by atoms with van der Waals surface area (Å²) in [6.07, 6.45) is 0.144. The zero-order valence-electron chi connectivity index (χ0n) is 15.3. The Labute approximate surface area is 144 Å². The van der Waals surface area contributed by atoms with Crippen molar-refractivity contribution in [2.24, 2.45) is 0 Å². The Bertz CT molecular complexity index is 540. The first-order valence-corrected chi connectivity index (χ1v) is 8.39. The number of methoxy groups -OCH3 is 1. The summed E-state index contributed by atoms with van der Waals surface area (Å²) in [5, 5.41) is 3.06. The van der Waals surface area contributed by atoms with E-state index in [9.17, 15) is 4.79 Å². The molecule has 1 saturated heterocycles. The molecule has 0 saturated carbocycles. The third kappa shape index (κ3) is 4.85. The molecule has 1 N–H and O–H groups in total. The molecule has 0 radical (unpaired) electrons. The number of urea groups is 1. The van der Waals surface area contributed by atoms with Crippen molar-refractivity contribution in [2.45, 2.75) is 32.1 Å². The molecule has 3 unspecified atom stereocenters. The molecule has 24 heavy (non-hydrogen) atoms. The van der Waals surface area contributed by atoms with Crippen LogP contribution in [0.1, 0.15) is 25.5 Å². The maximum absolute atomic E-state index is 12.5. The molecular formula is C18H29N3O3. The van der Waals surface area contributed by atoms with E-state index in [4.69, 9.17) is 9.47 Å². The van der Waals surface area contributed by atoms with E-state index >= 15 is 0 Å². The van der Waals surface area contributed by atoms with Gasteiger partial charge in [0.15, 0.2) is 0 Å². The van der Waals surface area contributed by atoms with Gasteiger partial charge in [0.25, 0.3) is 0 Å². The van der Waals surface area contributed by atoms with Gasteiger partial charge in [0.2, 0.25) is 0 Å². The molecular weight excluding hydrogens is 306 g/mol. The van der Waals surface area contributed by atoms with Crippen molar-refractivity contribution in [3.05, 3.63) is 29.8 Å². The first kappa shape index (κ1) is 18.5. The summed E-state index contributed by atoms with van der Waals surface area (Å²) >= 11 is 0. The highest BCUT2D eigenvalue weighted by Crippen LogP contribution is 2.22. The SMILES string of the molecule is COc1cccc(C(CNC(=O)N2CC(C)OC(C)C2)N(C)C)c1. The zero-order chi connectivity index (χ0) is 17.7. The lowest BCUT2D eigenvalue weighted by molar-refractivity contribution is -0.0546. The molecule has 1 aromatic carbocycles. The molecule has 134 valence electrons. The monoisotopic (exact) mass is 335 g/mol. The van der Waals surface area contributed by atoms with Crippen LogP contribution in [0, 0.1) is 0 Å². The average Bonchev–Trinajstić information content (AvgIpc) is 2.53. The van der Waals surface area contributed by atoms with Gasteiger partial charge in [-0.1, -0.05) is 12.1 Å². The van der Waals surface area contributed by atoms with Crippen molar-refractivity contribution in [1.29, 1.82) is 0 Å². The first-order chi connectivity index (χ1) is 11.4. The Morgan fingerprint density at radius 1 is 1.38 bits per heavy atom. The van der Waals surface area contributed by atoms with E-state index in [0.717, 1.165) is 11.3 Å². The molecule has 0 spiro atoms. The van der Waals surface area contributed by atoms with Gasteiger partial charge in [-0.25, -0.2) is 4.79 Å². The van der Waals surface area contributed by atoms with Crippen LogP contribution < -0.4 is 10.1 Å². The van der Waals surface area contributed by atoms with Gasteiger partial charge < -0.3 is 24.6 Å². The lowest BCUT2D eigenvalue weighted by Gasteiger charge is -2.36. The standard InChI is InChI=1S/C18H29N3O3/c1-13-11-21(12-14(2)24-13)18(22)19-10-17(20(3)4)15-7-6-8-16(9-15)23-5/h6-9,13-14,17H,10-12H2,1-5H3,(H,19,22). The van der Waals surface area contributed by atoms with Crippen LogP contribution in [-0.4, -0.2) is 68.9 Å². The fraction of sp³-hybridized carbons (Fsp3) is 0.611. The Morgan fingerprint density at radius 2 is 2.04 bits per heavy atom. The minimum absolute atomic E-state index is 0.0354. The predicted molar refractivity (Wildman–Crippen MR) is 94.4 cm³/mol. The van der Waals surface area contributed by atoms with E-state index in [1.807, 2.05) is 51.0 Å². The van der Waals surface area contributed by atoms with Gasteiger partial charge in [0, 0.05) is 19.6 Å². The molecule has 1 fully saturated rings. The minimum atomic E-state index is -0.0354. The minimum Gasteiger partial charge on any atom is -0.497 e. The van der Waals surface area contributed by atoms with Crippen LogP contribution in [-0.2, 0) is 4.74 Å². The topological polar surface area (TPSA) is 54.0 Å². The van der Waals surface area contributed by atoms with E-state index < -0.39 is 0 Å². The van der Waals surface area contributed by atoms with Crippen molar-refractivity contribution in [1.82, 2.24) is 15.1 Å². The smallest absolute Gasteiger partial charge is 0.317 e. The van der Waals surface area contributed by atoms with Gasteiger partial charge in [-0.05, 0) is 45.6 Å². The lowest BCUT2D eigenvalue weighted by Crippen LogP contribution is -2.52. The van der Waals surface area contributed by atoms with Crippen molar-refractivity contribution in [3.8, 4) is 5.75 Å². The second-order valence-electron chi connectivity index (χ2n) is 6.60. The number of morpholine rings is 1. The number of amides is 2. The highest BCUT2D eigenvalue weighted by atomic mass is 16.5. The molecule has 1 aliphatic rings. The Morgan fingerprint density at radius 3 is 2.62 bits per heavy atom. The molecule has 6 nitrogen and oxygen atoms in total. The molecule has 0 aromatic heterocycles. The van der Waals surface area contributed by atoms with Gasteiger partial charge in [-0.2, -0.15) is 0 Å². The summed E-state index contributed by atoms with van der Waals surface area (Å²) in [6, 6.07) is 8.00. The predicted octanol–water partition coefficient (Wildman–Crippen LogP) is 2.12. The van der Waals surface area contributed by atoms with Gasteiger partial charge in [-0.15, -0.1) is 0 Å². The third-order valence-corrected chi connectivity index (χ3v) is 4.26. The third-order valence-electron chi connectivity index (χ3n) is 4.26. The van der Waals surface area contributed by atoms with Gasteiger partial charge in [-0.3, -0.25) is 0 Å². The number of hydrogen-bond donors (Lipinski definition) is 1. The molecule has 2 amide bonds. The van der Waals surface area contributed by atoms with Gasteiger partial charge in [0.05, 0.1) is 25.4 Å². The Kier molecular flexibility index (Phi) is 6.45. The number of hydrogen-bond acceptors (Lipinski definition) is 4. The molecule has 1 aromatic rings. The van der Waals surface area contributed by atoms with Crippen LogP contribution in [0.5, 0.6) is 5.75 Å². The van der Waals surface area contributed by atoms with Crippen LogP contribution in [0.25, 0.3) is 0 Å². The molecule has 0 aliphatic carbocycles. The van der Waals surface area contributed by atoms with Crippen molar-refractivity contribution in [3.63, 3.8) is 0 Å². The molecule has 3 atom stereocenters. The largest absolute Gasteiger partial charge is 0.497 e. The van der Waals surface area contributed by atoms with Crippen LogP contribution >= 0.6 is 0 Å². The second-order valence-corrected chi connectivity index (χ2v) is 6.60. The number of nitrogens with zero attached hydrogens (tertiary/aromatic N) is 2. The van der Waals surface area contributed by atoms with E-state index in [-0.39, 0.29) is 24.3 Å². The highest BCUT2D eigenvalue weighted by molar-refractivity contribution is 5.74. The summed E-state index contributed by atoms with van der Waals surface area (Å²) in [4.78, 5) is 16.4. The summed E-state index contributed by atoms with van der Waals surface area (Å²) in [7, 11) is 5.68. The maximum atomic E-state index is 12.5. The first-order valence-electron chi connectivity index (χ1n) is 8.39. The van der Waals surface area contributed by atoms with Crippen LogP contribution in [0.15, 0.2) is 24.3 Å². The van der Waals surface area contributed by atoms with Crippen LogP contribution in [0.4, 0.5) is 4.79 Å². The molecule has 6 heteroatoms. The summed E-state index contributed by atoms with van der Waals surface area (Å²) in [5.74, 6) is 0.821. The molecule has 1 heterocycles. The van der Waals surface area contributed by atoms with Crippen molar-refractivity contribution < 1.29 is 14.3 Å². The molecule has 0 bridgehead atoms. The Balaban J connectivity index is 1.99. The van der Waals surface area contributed by atoms with E-state index in [2.05, 4.69) is 16.3 Å². The normalized spacial score (nSPS) is 22.3. The van der Waals surface area contributed by atoms with E-state index in [0.29, 0.717) is 19.6 Å². The maximum Gasteiger partial charge on any atom is 0.317 e. The van der Waals surface area contributed by atoms with Gasteiger partial charge in [0.1, 0.15) is 5.75 Å². The lowest BCUT2D eigenvalue weighted by atomic mass is 10.1. The number of likely N-dealkylation sites (N-methyl/N-ethyl adjacent to an activating group) is 1. The number of nitrogens with one attached hydrogen (secondary N) is 1. The summed E-state index contributed by atoms with van der Waals surface area (Å²) < 4.78 is 11.0. The number of benzene rings is 1. The zero-order valence-corrected chi connectivity index (χ0v) is 15.3. The Hall–Kier alpha value is -1.79. The summed E-state index contributed by atoms with van der Waals surface area (Å²) in [5.41, 5.74) is 1.11. The average molecular weight is 335 g/mol. The highest BCUT2D eigenvalue weighted by Gasteiger charge is 2.26.